The number of aromatic nitrogens is 1. The van der Waals surface area contributed by atoms with Crippen molar-refractivity contribution < 1.29 is 4.74 Å². The van der Waals surface area contributed by atoms with Gasteiger partial charge in [-0.1, -0.05) is 30.3 Å². The molecule has 0 spiro atoms. The monoisotopic (exact) mass is 227 g/mol. The first kappa shape index (κ1) is 11.1. The van der Waals surface area contributed by atoms with Crippen LogP contribution in [0.3, 0.4) is 0 Å². The van der Waals surface area contributed by atoms with Crippen LogP contribution in [-0.4, -0.2) is 11.7 Å². The van der Waals surface area contributed by atoms with Crippen molar-refractivity contribution in [3.05, 3.63) is 47.7 Å². The van der Waals surface area contributed by atoms with E-state index in [1.807, 2.05) is 30.3 Å². The normalized spacial score (nSPS) is 9.88. The van der Waals surface area contributed by atoms with Gasteiger partial charge >= 0.3 is 0 Å². The number of rotatable bonds is 3. The molecule has 0 aliphatic heterocycles. The molecule has 2 aromatic rings. The Morgan fingerprint density at radius 1 is 1.35 bits per heavy atom. The van der Waals surface area contributed by atoms with Crippen molar-refractivity contribution in [2.45, 2.75) is 6.54 Å². The van der Waals surface area contributed by atoms with Crippen molar-refractivity contribution in [3.8, 4) is 11.9 Å². The third-order valence-corrected chi connectivity index (χ3v) is 2.57. The summed E-state index contributed by atoms with van der Waals surface area (Å²) in [6, 6.07) is 13.6. The molecule has 0 unspecified atom stereocenters. The summed E-state index contributed by atoms with van der Waals surface area (Å²) >= 11 is 0. The quantitative estimate of drug-likeness (QED) is 0.872. The fourth-order valence-electron chi connectivity index (χ4n) is 1.80. The van der Waals surface area contributed by atoms with Gasteiger partial charge in [0.15, 0.2) is 0 Å². The van der Waals surface area contributed by atoms with Crippen LogP contribution in [0, 0.1) is 11.3 Å². The topological polar surface area (TPSA) is 64.0 Å². The lowest BCUT2D eigenvalue weighted by molar-refractivity contribution is 0.379. The Kier molecular flexibility index (Phi) is 3.01. The van der Waals surface area contributed by atoms with Gasteiger partial charge in [-0.05, 0) is 5.56 Å². The van der Waals surface area contributed by atoms with E-state index >= 15 is 0 Å². The predicted octanol–water partition coefficient (Wildman–Crippen LogP) is 2.00. The highest BCUT2D eigenvalue weighted by Gasteiger charge is 2.13. The lowest BCUT2D eigenvalue weighted by Gasteiger charge is -2.09. The van der Waals surface area contributed by atoms with Gasteiger partial charge in [0, 0.05) is 6.07 Å². The van der Waals surface area contributed by atoms with Gasteiger partial charge in [0.2, 0.25) is 5.88 Å². The van der Waals surface area contributed by atoms with Crippen LogP contribution in [0.2, 0.25) is 0 Å². The number of nitrogens with zero attached hydrogens (tertiary/aromatic N) is 2. The molecule has 1 heterocycles. The zero-order valence-corrected chi connectivity index (χ0v) is 9.55. The number of benzene rings is 1. The number of nitrogens with two attached hydrogens (primary N) is 1. The number of hydrogen-bond acceptors (Lipinski definition) is 3. The van der Waals surface area contributed by atoms with Crippen molar-refractivity contribution >= 4 is 5.69 Å². The Balaban J connectivity index is 2.42. The number of nitrogen functional groups attached to an aromatic ring is 1. The molecular formula is C13H13N3O. The second-order valence-electron chi connectivity index (χ2n) is 3.68. The van der Waals surface area contributed by atoms with E-state index in [4.69, 9.17) is 15.7 Å². The molecular weight excluding hydrogens is 214 g/mol. The summed E-state index contributed by atoms with van der Waals surface area (Å²) in [6.07, 6.45) is 0. The van der Waals surface area contributed by atoms with Crippen molar-refractivity contribution in [3.63, 3.8) is 0 Å². The summed E-state index contributed by atoms with van der Waals surface area (Å²) in [7, 11) is 1.55. The number of ether oxygens (including phenoxy) is 1. The second kappa shape index (κ2) is 4.62. The fraction of sp³-hybridized carbons (Fsp3) is 0.154. The van der Waals surface area contributed by atoms with Gasteiger partial charge in [-0.25, -0.2) is 0 Å². The van der Waals surface area contributed by atoms with E-state index < -0.39 is 0 Å². The summed E-state index contributed by atoms with van der Waals surface area (Å²) in [5.41, 5.74) is 7.87. The molecule has 0 atom stereocenters. The molecule has 0 aliphatic rings. The lowest BCUT2D eigenvalue weighted by atomic mass is 10.2. The maximum absolute atomic E-state index is 9.05. The van der Waals surface area contributed by atoms with E-state index in [9.17, 15) is 0 Å². The SMILES string of the molecule is COc1c(N)cc(C#N)n1Cc1ccccc1. The van der Waals surface area contributed by atoms with E-state index in [2.05, 4.69) is 6.07 Å². The van der Waals surface area contributed by atoms with E-state index in [1.54, 1.807) is 17.7 Å². The van der Waals surface area contributed by atoms with Crippen molar-refractivity contribution in [1.29, 1.82) is 5.26 Å². The number of methoxy groups -OCH3 is 1. The Morgan fingerprint density at radius 3 is 2.65 bits per heavy atom. The number of hydrogen-bond donors (Lipinski definition) is 1. The summed E-state index contributed by atoms with van der Waals surface area (Å²) < 4.78 is 6.99. The van der Waals surface area contributed by atoms with Crippen LogP contribution in [-0.2, 0) is 6.54 Å². The molecule has 0 aliphatic carbocycles. The third-order valence-electron chi connectivity index (χ3n) is 2.57. The number of nitriles is 1. The maximum Gasteiger partial charge on any atom is 0.218 e. The molecule has 1 aromatic heterocycles. The molecule has 0 amide bonds. The molecule has 0 bridgehead atoms. The van der Waals surface area contributed by atoms with Crippen molar-refractivity contribution in [2.24, 2.45) is 0 Å². The fourth-order valence-corrected chi connectivity index (χ4v) is 1.80. The molecule has 0 radical (unpaired) electrons. The molecule has 4 nitrogen and oxygen atoms in total. The minimum Gasteiger partial charge on any atom is -0.481 e. The zero-order chi connectivity index (χ0) is 12.3. The van der Waals surface area contributed by atoms with Crippen LogP contribution in [0.5, 0.6) is 5.88 Å². The number of anilines is 1. The Hall–Kier alpha value is -2.41. The van der Waals surface area contributed by atoms with Crippen molar-refractivity contribution in [1.82, 2.24) is 4.57 Å². The average molecular weight is 227 g/mol. The third kappa shape index (κ3) is 2.08. The van der Waals surface area contributed by atoms with Gasteiger partial charge in [-0.15, -0.1) is 0 Å². The van der Waals surface area contributed by atoms with Gasteiger partial charge in [-0.3, -0.25) is 4.57 Å². The molecule has 0 saturated carbocycles. The van der Waals surface area contributed by atoms with Crippen LogP contribution in [0.4, 0.5) is 5.69 Å². The molecule has 4 heteroatoms. The average Bonchev–Trinajstić information content (AvgIpc) is 2.66. The zero-order valence-electron chi connectivity index (χ0n) is 9.55. The van der Waals surface area contributed by atoms with Gasteiger partial charge in [0.25, 0.3) is 0 Å². The van der Waals surface area contributed by atoms with Gasteiger partial charge < -0.3 is 10.5 Å². The summed E-state index contributed by atoms with van der Waals surface area (Å²) in [4.78, 5) is 0. The largest absolute Gasteiger partial charge is 0.481 e. The van der Waals surface area contributed by atoms with Gasteiger partial charge in [0.1, 0.15) is 11.8 Å². The molecule has 86 valence electrons. The van der Waals surface area contributed by atoms with E-state index in [1.165, 1.54) is 0 Å². The summed E-state index contributed by atoms with van der Waals surface area (Å²) in [6.45, 7) is 0.574. The van der Waals surface area contributed by atoms with Crippen LogP contribution in [0.15, 0.2) is 36.4 Å². The summed E-state index contributed by atoms with van der Waals surface area (Å²) in [5, 5.41) is 9.05. The van der Waals surface area contributed by atoms with Crippen LogP contribution in [0.1, 0.15) is 11.3 Å². The molecule has 2 N–H and O–H groups in total. The van der Waals surface area contributed by atoms with Crippen LogP contribution < -0.4 is 10.5 Å². The van der Waals surface area contributed by atoms with Crippen molar-refractivity contribution in [2.75, 3.05) is 12.8 Å². The van der Waals surface area contributed by atoms with E-state index in [-0.39, 0.29) is 0 Å². The highest BCUT2D eigenvalue weighted by atomic mass is 16.5. The minimum absolute atomic E-state index is 0.486. The maximum atomic E-state index is 9.05. The van der Waals surface area contributed by atoms with Crippen LogP contribution >= 0.6 is 0 Å². The highest BCUT2D eigenvalue weighted by molar-refractivity contribution is 5.55. The predicted molar refractivity (Wildman–Crippen MR) is 65.7 cm³/mol. The first-order valence-corrected chi connectivity index (χ1v) is 5.23. The molecule has 2 rings (SSSR count). The van der Waals surface area contributed by atoms with Gasteiger partial charge in [0.05, 0.1) is 19.3 Å². The second-order valence-corrected chi connectivity index (χ2v) is 3.68. The van der Waals surface area contributed by atoms with Gasteiger partial charge in [-0.2, -0.15) is 5.26 Å². The molecule has 0 fully saturated rings. The standard InChI is InChI=1S/C13H13N3O/c1-17-13-12(15)7-11(8-14)16(13)9-10-5-3-2-4-6-10/h2-7H,9,15H2,1H3. The molecule has 0 saturated heterocycles. The minimum atomic E-state index is 0.486. The first-order valence-electron chi connectivity index (χ1n) is 5.23. The van der Waals surface area contributed by atoms with Crippen LogP contribution in [0.25, 0.3) is 0 Å². The lowest BCUT2D eigenvalue weighted by Crippen LogP contribution is -2.05. The van der Waals surface area contributed by atoms with E-state index in [0.717, 1.165) is 5.56 Å². The molecule has 17 heavy (non-hydrogen) atoms. The first-order chi connectivity index (χ1) is 8.26. The Bertz CT molecular complexity index is 552. The molecule has 1 aromatic carbocycles. The Labute approximate surface area is 99.8 Å². The van der Waals surface area contributed by atoms with E-state index in [0.29, 0.717) is 23.8 Å². The summed E-state index contributed by atoms with van der Waals surface area (Å²) in [5.74, 6) is 0.533. The Morgan fingerprint density at radius 2 is 2.06 bits per heavy atom. The highest BCUT2D eigenvalue weighted by Crippen LogP contribution is 2.26. The smallest absolute Gasteiger partial charge is 0.218 e.